The average molecular weight is 316 g/mol. The van der Waals surface area contributed by atoms with Crippen LogP contribution in [0.5, 0.6) is 0 Å². The molecule has 0 rings (SSSR count). The van der Waals surface area contributed by atoms with Gasteiger partial charge in [0, 0.05) is 26.2 Å². The van der Waals surface area contributed by atoms with Gasteiger partial charge in [0.25, 0.3) is 0 Å². The molecule has 0 unspecified atom stereocenters. The van der Waals surface area contributed by atoms with Crippen LogP contribution in [0.3, 0.4) is 0 Å². The zero-order valence-electron chi connectivity index (χ0n) is 14.6. The van der Waals surface area contributed by atoms with E-state index in [2.05, 4.69) is 23.9 Å². The molecule has 0 saturated carbocycles. The van der Waals surface area contributed by atoms with Crippen LogP contribution in [-0.4, -0.2) is 61.3 Å². The number of hydrogen-bond acceptors (Lipinski definition) is 6. The van der Waals surface area contributed by atoms with Gasteiger partial charge < -0.3 is 9.47 Å². The molecule has 0 bridgehead atoms. The SMILES string of the molecule is CCCN(CCC(=O)OCC)N(CCC)CCC(=O)OCC. The van der Waals surface area contributed by atoms with Gasteiger partial charge in [-0.2, -0.15) is 0 Å². The van der Waals surface area contributed by atoms with Crippen molar-refractivity contribution < 1.29 is 19.1 Å². The lowest BCUT2D eigenvalue weighted by atomic mass is 10.3. The van der Waals surface area contributed by atoms with Crippen molar-refractivity contribution in [1.82, 2.24) is 10.0 Å². The molecule has 22 heavy (non-hydrogen) atoms. The maximum absolute atomic E-state index is 11.5. The topological polar surface area (TPSA) is 59.1 Å². The third-order valence-corrected chi connectivity index (χ3v) is 3.12. The largest absolute Gasteiger partial charge is 0.466 e. The van der Waals surface area contributed by atoms with Crippen molar-refractivity contribution >= 4 is 11.9 Å². The first-order valence-electron chi connectivity index (χ1n) is 8.39. The summed E-state index contributed by atoms with van der Waals surface area (Å²) in [6.45, 7) is 11.6. The molecule has 0 amide bonds. The molecule has 0 aromatic rings. The highest BCUT2D eigenvalue weighted by Crippen LogP contribution is 2.06. The zero-order valence-corrected chi connectivity index (χ0v) is 14.6. The maximum atomic E-state index is 11.5. The molecule has 6 nitrogen and oxygen atoms in total. The Labute approximate surface area is 134 Å². The number of carbonyl (C=O) groups is 2. The summed E-state index contributed by atoms with van der Waals surface area (Å²) >= 11 is 0. The standard InChI is InChI=1S/C16H32N2O4/c1-5-11-17(13-9-15(19)21-7-3)18(12-6-2)14-10-16(20)22-8-4/h5-14H2,1-4H3. The number of hydrogen-bond donors (Lipinski definition) is 0. The Morgan fingerprint density at radius 1 is 0.682 bits per heavy atom. The van der Waals surface area contributed by atoms with Crippen molar-refractivity contribution in [1.29, 1.82) is 0 Å². The molecule has 0 heterocycles. The van der Waals surface area contributed by atoms with Gasteiger partial charge in [-0.15, -0.1) is 0 Å². The van der Waals surface area contributed by atoms with Gasteiger partial charge in [-0.1, -0.05) is 13.8 Å². The van der Waals surface area contributed by atoms with Gasteiger partial charge in [-0.3, -0.25) is 9.59 Å². The first kappa shape index (κ1) is 20.9. The average Bonchev–Trinajstić information content (AvgIpc) is 2.48. The molecular formula is C16H32N2O4. The van der Waals surface area contributed by atoms with Gasteiger partial charge in [0.2, 0.25) is 0 Å². The van der Waals surface area contributed by atoms with Gasteiger partial charge in [-0.05, 0) is 26.7 Å². The number of ether oxygens (including phenoxy) is 2. The fourth-order valence-corrected chi connectivity index (χ4v) is 2.21. The van der Waals surface area contributed by atoms with E-state index in [1.54, 1.807) is 0 Å². The van der Waals surface area contributed by atoms with Crippen molar-refractivity contribution in [2.24, 2.45) is 0 Å². The molecule has 0 radical (unpaired) electrons. The number of carbonyl (C=O) groups excluding carboxylic acids is 2. The highest BCUT2D eigenvalue weighted by atomic mass is 16.5. The van der Waals surface area contributed by atoms with Gasteiger partial charge in [0.15, 0.2) is 0 Å². The molecular weight excluding hydrogens is 284 g/mol. The van der Waals surface area contributed by atoms with E-state index in [9.17, 15) is 9.59 Å². The Morgan fingerprint density at radius 3 is 1.32 bits per heavy atom. The van der Waals surface area contributed by atoms with Crippen LogP contribution in [-0.2, 0) is 19.1 Å². The van der Waals surface area contributed by atoms with Crippen LogP contribution in [0.15, 0.2) is 0 Å². The van der Waals surface area contributed by atoms with Crippen LogP contribution in [0.1, 0.15) is 53.4 Å². The highest BCUT2D eigenvalue weighted by molar-refractivity contribution is 5.69. The van der Waals surface area contributed by atoms with Gasteiger partial charge in [-0.25, -0.2) is 10.0 Å². The molecule has 6 heteroatoms. The van der Waals surface area contributed by atoms with Crippen LogP contribution < -0.4 is 0 Å². The molecule has 0 N–H and O–H groups in total. The molecule has 0 aromatic carbocycles. The fourth-order valence-electron chi connectivity index (χ4n) is 2.21. The Kier molecular flexibility index (Phi) is 12.8. The smallest absolute Gasteiger partial charge is 0.307 e. The third-order valence-electron chi connectivity index (χ3n) is 3.12. The summed E-state index contributed by atoms with van der Waals surface area (Å²) in [5, 5.41) is 4.30. The minimum Gasteiger partial charge on any atom is -0.466 e. The van der Waals surface area contributed by atoms with Gasteiger partial charge in [0.05, 0.1) is 26.1 Å². The Balaban J connectivity index is 4.50. The summed E-state index contributed by atoms with van der Waals surface area (Å²) in [5.74, 6) is -0.351. The second-order valence-electron chi connectivity index (χ2n) is 5.02. The second-order valence-corrected chi connectivity index (χ2v) is 5.02. The van der Waals surface area contributed by atoms with Crippen LogP contribution in [0.25, 0.3) is 0 Å². The number of nitrogens with zero attached hydrogens (tertiary/aromatic N) is 2. The van der Waals surface area contributed by atoms with E-state index in [4.69, 9.17) is 9.47 Å². The Bertz CT molecular complexity index is 281. The summed E-state index contributed by atoms with van der Waals surface area (Å²) in [7, 11) is 0. The van der Waals surface area contributed by atoms with E-state index in [1.807, 2.05) is 13.8 Å². The number of esters is 2. The lowest BCUT2D eigenvalue weighted by Crippen LogP contribution is -2.45. The molecule has 0 aromatic heterocycles. The molecule has 0 aliphatic rings. The summed E-state index contributed by atoms with van der Waals surface area (Å²) in [6.07, 6.45) is 2.71. The van der Waals surface area contributed by atoms with Crippen LogP contribution in [0.2, 0.25) is 0 Å². The molecule has 0 fully saturated rings. The normalized spacial score (nSPS) is 11.0. The first-order chi connectivity index (χ1) is 10.6. The van der Waals surface area contributed by atoms with E-state index in [0.29, 0.717) is 39.1 Å². The van der Waals surface area contributed by atoms with E-state index >= 15 is 0 Å². The van der Waals surface area contributed by atoms with Crippen molar-refractivity contribution in [3.63, 3.8) is 0 Å². The van der Waals surface area contributed by atoms with E-state index in [1.165, 1.54) is 0 Å². The molecule has 0 spiro atoms. The third kappa shape index (κ3) is 9.73. The lowest BCUT2D eigenvalue weighted by Gasteiger charge is -2.34. The Morgan fingerprint density at radius 2 is 1.05 bits per heavy atom. The molecule has 0 aliphatic carbocycles. The number of hydrazine groups is 1. The summed E-state index contributed by atoms with van der Waals surface area (Å²) in [5.41, 5.74) is 0. The second kappa shape index (κ2) is 13.5. The first-order valence-corrected chi connectivity index (χ1v) is 8.39. The number of rotatable bonds is 13. The minimum atomic E-state index is -0.176. The summed E-state index contributed by atoms with van der Waals surface area (Å²) < 4.78 is 9.96. The molecule has 0 aliphatic heterocycles. The summed E-state index contributed by atoms with van der Waals surface area (Å²) in [4.78, 5) is 23.1. The van der Waals surface area contributed by atoms with Crippen LogP contribution in [0.4, 0.5) is 0 Å². The minimum absolute atomic E-state index is 0.176. The molecule has 0 saturated heterocycles. The Hall–Kier alpha value is -1.14. The molecule has 130 valence electrons. The van der Waals surface area contributed by atoms with Crippen molar-refractivity contribution in [2.75, 3.05) is 39.4 Å². The summed E-state index contributed by atoms with van der Waals surface area (Å²) in [6, 6.07) is 0. The van der Waals surface area contributed by atoms with Crippen LogP contribution in [0, 0.1) is 0 Å². The highest BCUT2D eigenvalue weighted by Gasteiger charge is 2.17. The zero-order chi connectivity index (χ0) is 16.8. The maximum Gasteiger partial charge on any atom is 0.307 e. The van der Waals surface area contributed by atoms with Gasteiger partial charge in [0.1, 0.15) is 0 Å². The lowest BCUT2D eigenvalue weighted by molar-refractivity contribution is -0.147. The van der Waals surface area contributed by atoms with E-state index in [-0.39, 0.29) is 11.9 Å². The van der Waals surface area contributed by atoms with E-state index in [0.717, 1.165) is 25.9 Å². The predicted molar refractivity (Wildman–Crippen MR) is 86.2 cm³/mol. The quantitative estimate of drug-likeness (QED) is 0.384. The monoisotopic (exact) mass is 316 g/mol. The van der Waals surface area contributed by atoms with E-state index < -0.39 is 0 Å². The van der Waals surface area contributed by atoms with Crippen molar-refractivity contribution in [2.45, 2.75) is 53.4 Å². The predicted octanol–water partition coefficient (Wildman–Crippen LogP) is 2.23. The van der Waals surface area contributed by atoms with Crippen molar-refractivity contribution in [3.05, 3.63) is 0 Å². The van der Waals surface area contributed by atoms with Crippen LogP contribution >= 0.6 is 0 Å². The van der Waals surface area contributed by atoms with Gasteiger partial charge >= 0.3 is 11.9 Å². The van der Waals surface area contributed by atoms with Crippen molar-refractivity contribution in [3.8, 4) is 0 Å². The molecule has 0 atom stereocenters. The fraction of sp³-hybridized carbons (Fsp3) is 0.875.